The molecule has 76 valence electrons. The fraction of sp³-hybridized carbons (Fsp3) is 0.100. The zero-order chi connectivity index (χ0) is 11.3. The van der Waals surface area contributed by atoms with Gasteiger partial charge in [0.25, 0.3) is 0 Å². The smallest absolute Gasteiger partial charge is 0.384 e. The number of ether oxygens (including phenoxy) is 1. The van der Waals surface area contributed by atoms with Crippen molar-refractivity contribution < 1.29 is 14.3 Å². The summed E-state index contributed by atoms with van der Waals surface area (Å²) in [7, 11) is 1.23. The van der Waals surface area contributed by atoms with E-state index in [0.717, 1.165) is 0 Å². The highest BCUT2D eigenvalue weighted by atomic mass is 16.5. The molecule has 2 N–H and O–H groups in total. The number of primary amides is 1. The molecule has 0 saturated carbocycles. The number of carbonyl (C=O) groups excluding carboxylic acids is 2. The van der Waals surface area contributed by atoms with Crippen molar-refractivity contribution in [2.45, 2.75) is 0 Å². The lowest BCUT2D eigenvalue weighted by Crippen LogP contribution is -2.11. The molecule has 0 bridgehead atoms. The average molecular weight is 204 g/mol. The highest BCUT2D eigenvalue weighted by Crippen LogP contribution is 1.99. The van der Waals surface area contributed by atoms with Crippen molar-refractivity contribution in [3.05, 3.63) is 29.6 Å². The third-order valence-electron chi connectivity index (χ3n) is 1.52. The molecule has 0 atom stereocenters. The molecule has 1 aromatic rings. The Bertz CT molecular complexity index is 457. The lowest BCUT2D eigenvalue weighted by atomic mass is 10.2. The molecular weight excluding hydrogens is 196 g/mol. The minimum Gasteiger partial charge on any atom is -0.459 e. The maximum absolute atomic E-state index is 10.8. The van der Waals surface area contributed by atoms with Crippen molar-refractivity contribution in [3.63, 3.8) is 0 Å². The van der Waals surface area contributed by atoms with E-state index < -0.39 is 11.9 Å². The number of hydrogen-bond acceptors (Lipinski definition) is 4. The molecule has 1 amide bonds. The normalized spacial score (nSPS) is 8.60. The first kappa shape index (κ1) is 10.7. The van der Waals surface area contributed by atoms with E-state index in [1.807, 2.05) is 0 Å². The summed E-state index contributed by atoms with van der Waals surface area (Å²) in [6.07, 6.45) is 2.74. The van der Waals surface area contributed by atoms with Gasteiger partial charge in [-0.25, -0.2) is 4.79 Å². The van der Waals surface area contributed by atoms with Gasteiger partial charge in [-0.05, 0) is 6.07 Å². The predicted octanol–water partition coefficient (Wildman–Crippen LogP) is -0.295. The van der Waals surface area contributed by atoms with Gasteiger partial charge in [0.15, 0.2) is 0 Å². The zero-order valence-electron chi connectivity index (χ0n) is 7.98. The monoisotopic (exact) mass is 204 g/mol. The largest absolute Gasteiger partial charge is 0.459 e. The van der Waals surface area contributed by atoms with E-state index in [9.17, 15) is 9.59 Å². The number of methoxy groups -OCH3 is 1. The molecule has 0 aliphatic carbocycles. The third kappa shape index (κ3) is 3.12. The third-order valence-corrected chi connectivity index (χ3v) is 1.52. The van der Waals surface area contributed by atoms with Gasteiger partial charge in [-0.2, -0.15) is 0 Å². The maximum Gasteiger partial charge on any atom is 0.384 e. The maximum atomic E-state index is 10.8. The first-order chi connectivity index (χ1) is 7.13. The minimum atomic E-state index is -0.653. The number of esters is 1. The van der Waals surface area contributed by atoms with E-state index in [0.29, 0.717) is 5.56 Å². The highest BCUT2D eigenvalue weighted by Gasteiger charge is 2.00. The van der Waals surface area contributed by atoms with Crippen LogP contribution in [0.4, 0.5) is 0 Å². The van der Waals surface area contributed by atoms with Gasteiger partial charge in [-0.1, -0.05) is 5.92 Å². The summed E-state index contributed by atoms with van der Waals surface area (Å²) in [6, 6.07) is 1.45. The van der Waals surface area contributed by atoms with Crippen LogP contribution in [0.3, 0.4) is 0 Å². The Labute approximate surface area is 86.3 Å². The molecule has 15 heavy (non-hydrogen) atoms. The van der Waals surface area contributed by atoms with Crippen LogP contribution in [0.2, 0.25) is 0 Å². The van der Waals surface area contributed by atoms with E-state index in [1.165, 1.54) is 25.6 Å². The fourth-order valence-electron chi connectivity index (χ4n) is 0.817. The SMILES string of the molecule is COC(=O)C#Cc1cncc(C(N)=O)c1. The first-order valence-corrected chi connectivity index (χ1v) is 3.98. The van der Waals surface area contributed by atoms with Crippen molar-refractivity contribution in [3.8, 4) is 11.8 Å². The lowest BCUT2D eigenvalue weighted by molar-refractivity contribution is -0.133. The molecule has 0 radical (unpaired) electrons. The van der Waals surface area contributed by atoms with E-state index in [2.05, 4.69) is 21.6 Å². The molecule has 5 nitrogen and oxygen atoms in total. The minimum absolute atomic E-state index is 0.242. The highest BCUT2D eigenvalue weighted by molar-refractivity contribution is 5.93. The first-order valence-electron chi connectivity index (χ1n) is 3.98. The predicted molar refractivity (Wildman–Crippen MR) is 51.6 cm³/mol. The van der Waals surface area contributed by atoms with Crippen LogP contribution in [0.5, 0.6) is 0 Å². The molecule has 1 aromatic heterocycles. The van der Waals surface area contributed by atoms with Crippen molar-refractivity contribution in [2.75, 3.05) is 7.11 Å². The van der Waals surface area contributed by atoms with Crippen molar-refractivity contribution >= 4 is 11.9 Å². The second-order valence-corrected chi connectivity index (χ2v) is 2.57. The van der Waals surface area contributed by atoms with Crippen LogP contribution < -0.4 is 5.73 Å². The number of hydrogen-bond donors (Lipinski definition) is 1. The summed E-state index contributed by atoms with van der Waals surface area (Å²) in [5, 5.41) is 0. The molecule has 5 heteroatoms. The quantitative estimate of drug-likeness (QED) is 0.503. The Balaban J connectivity index is 2.95. The second-order valence-electron chi connectivity index (χ2n) is 2.57. The van der Waals surface area contributed by atoms with Crippen LogP contribution in [0.1, 0.15) is 15.9 Å². The summed E-state index contributed by atoms with van der Waals surface area (Å²) < 4.78 is 4.33. The van der Waals surface area contributed by atoms with Crippen LogP contribution in [-0.2, 0) is 9.53 Å². The van der Waals surface area contributed by atoms with E-state index in [-0.39, 0.29) is 5.56 Å². The van der Waals surface area contributed by atoms with Crippen molar-refractivity contribution in [1.82, 2.24) is 4.98 Å². The number of carbonyl (C=O) groups is 2. The molecule has 0 saturated heterocycles. The summed E-state index contributed by atoms with van der Waals surface area (Å²) in [5.74, 6) is 3.46. The molecule has 0 aromatic carbocycles. The van der Waals surface area contributed by atoms with Crippen LogP contribution in [0.15, 0.2) is 18.5 Å². The van der Waals surface area contributed by atoms with E-state index in [4.69, 9.17) is 5.73 Å². The Morgan fingerprint density at radius 2 is 2.20 bits per heavy atom. The molecule has 0 aliphatic rings. The Hall–Kier alpha value is -2.35. The molecule has 0 spiro atoms. The topological polar surface area (TPSA) is 82.3 Å². The number of aromatic nitrogens is 1. The molecule has 0 unspecified atom stereocenters. The average Bonchev–Trinajstić information content (AvgIpc) is 2.26. The summed E-state index contributed by atoms with van der Waals surface area (Å²) in [4.78, 5) is 25.2. The lowest BCUT2D eigenvalue weighted by Gasteiger charge is -1.94. The van der Waals surface area contributed by atoms with Crippen molar-refractivity contribution in [2.24, 2.45) is 5.73 Å². The number of rotatable bonds is 1. The summed E-state index contributed by atoms with van der Waals surface area (Å²) in [6.45, 7) is 0. The van der Waals surface area contributed by atoms with Gasteiger partial charge in [0.05, 0.1) is 12.7 Å². The van der Waals surface area contributed by atoms with Gasteiger partial charge in [0.2, 0.25) is 5.91 Å². The number of amides is 1. The molecule has 0 aliphatic heterocycles. The van der Waals surface area contributed by atoms with E-state index in [1.54, 1.807) is 0 Å². The van der Waals surface area contributed by atoms with Crippen LogP contribution in [0.25, 0.3) is 0 Å². The zero-order valence-corrected chi connectivity index (χ0v) is 7.98. The molecular formula is C10H8N2O3. The Kier molecular flexibility index (Phi) is 3.41. The van der Waals surface area contributed by atoms with Crippen molar-refractivity contribution in [1.29, 1.82) is 0 Å². The summed E-state index contributed by atoms with van der Waals surface area (Å²) >= 11 is 0. The summed E-state index contributed by atoms with van der Waals surface area (Å²) in [5.41, 5.74) is 5.72. The Morgan fingerprint density at radius 3 is 2.80 bits per heavy atom. The fourth-order valence-corrected chi connectivity index (χ4v) is 0.817. The molecule has 1 rings (SSSR count). The molecule has 0 fully saturated rings. The van der Waals surface area contributed by atoms with Gasteiger partial charge in [0.1, 0.15) is 0 Å². The van der Waals surface area contributed by atoms with Gasteiger partial charge >= 0.3 is 5.97 Å². The second kappa shape index (κ2) is 4.77. The van der Waals surface area contributed by atoms with Gasteiger partial charge < -0.3 is 10.5 Å². The standard InChI is InChI=1S/C10H8N2O3/c1-15-9(13)3-2-7-4-8(10(11)14)6-12-5-7/h4-6H,1H3,(H2,11,14). The van der Waals surface area contributed by atoms with E-state index >= 15 is 0 Å². The van der Waals surface area contributed by atoms with Crippen LogP contribution in [-0.4, -0.2) is 24.0 Å². The van der Waals surface area contributed by atoms with Crippen LogP contribution in [0, 0.1) is 11.8 Å². The number of pyridine rings is 1. The molecule has 1 heterocycles. The van der Waals surface area contributed by atoms with Crippen LogP contribution >= 0.6 is 0 Å². The Morgan fingerprint density at radius 1 is 1.47 bits per heavy atom. The van der Waals surface area contributed by atoms with Gasteiger partial charge in [0, 0.05) is 23.9 Å². The van der Waals surface area contributed by atoms with Gasteiger partial charge in [-0.3, -0.25) is 9.78 Å². The number of nitrogens with two attached hydrogens (primary N) is 1. The number of nitrogens with zero attached hydrogens (tertiary/aromatic N) is 1. The van der Waals surface area contributed by atoms with Gasteiger partial charge in [-0.15, -0.1) is 0 Å².